The van der Waals surface area contributed by atoms with Gasteiger partial charge in [-0.25, -0.2) is 4.79 Å². The minimum atomic E-state index is -0.375. The van der Waals surface area contributed by atoms with E-state index in [4.69, 9.17) is 4.74 Å². The van der Waals surface area contributed by atoms with Crippen molar-refractivity contribution in [3.8, 4) is 0 Å². The summed E-state index contributed by atoms with van der Waals surface area (Å²) in [6.45, 7) is 5.93. The van der Waals surface area contributed by atoms with Crippen LogP contribution < -0.4 is 0 Å². The van der Waals surface area contributed by atoms with E-state index in [1.165, 1.54) is 0 Å². The summed E-state index contributed by atoms with van der Waals surface area (Å²) < 4.78 is 5.13. The Balaban J connectivity index is 2.58. The first-order valence-corrected chi connectivity index (χ1v) is 4.50. The third-order valence-corrected chi connectivity index (χ3v) is 1.94. The van der Waals surface area contributed by atoms with Crippen molar-refractivity contribution in [2.24, 2.45) is 0 Å². The monoisotopic (exact) mass is 168 g/mol. The van der Waals surface area contributed by atoms with Crippen LogP contribution in [0.2, 0.25) is 0 Å². The molecule has 2 heteroatoms. The fourth-order valence-electron chi connectivity index (χ4n) is 1.35. The van der Waals surface area contributed by atoms with E-state index in [0.29, 0.717) is 0 Å². The van der Waals surface area contributed by atoms with Gasteiger partial charge in [0.25, 0.3) is 0 Å². The second-order valence-corrected chi connectivity index (χ2v) is 3.77. The predicted octanol–water partition coefficient (Wildman–Crippen LogP) is 2.44. The smallest absolute Gasteiger partial charge is 0.334 e. The summed E-state index contributed by atoms with van der Waals surface area (Å²) >= 11 is 0. The maximum atomic E-state index is 11.2. The lowest BCUT2D eigenvalue weighted by Crippen LogP contribution is -2.17. The molecule has 0 saturated heterocycles. The third kappa shape index (κ3) is 2.10. The zero-order valence-electron chi connectivity index (χ0n) is 8.02. The number of ether oxygens (including phenoxy) is 1. The first kappa shape index (κ1) is 9.30. The van der Waals surface area contributed by atoms with Crippen molar-refractivity contribution < 1.29 is 9.53 Å². The third-order valence-electron chi connectivity index (χ3n) is 1.94. The summed E-state index contributed by atoms with van der Waals surface area (Å²) in [5, 5.41) is 0. The number of unbranched alkanes of at least 4 members (excludes halogenated alkanes) is 1. The van der Waals surface area contributed by atoms with Gasteiger partial charge in [-0.2, -0.15) is 0 Å². The van der Waals surface area contributed by atoms with Gasteiger partial charge >= 0.3 is 5.97 Å². The van der Waals surface area contributed by atoms with Gasteiger partial charge in [0.05, 0.1) is 0 Å². The Kier molecular flexibility index (Phi) is 2.55. The highest BCUT2D eigenvalue weighted by Gasteiger charge is 2.30. The minimum absolute atomic E-state index is 0.131. The highest BCUT2D eigenvalue weighted by molar-refractivity contribution is 5.91. The average molecular weight is 168 g/mol. The van der Waals surface area contributed by atoms with Crippen LogP contribution in [0.1, 0.15) is 40.0 Å². The van der Waals surface area contributed by atoms with Crippen LogP contribution in [0.5, 0.6) is 0 Å². The van der Waals surface area contributed by atoms with Crippen molar-refractivity contribution in [3.05, 3.63) is 11.6 Å². The molecule has 0 fully saturated rings. The molecule has 12 heavy (non-hydrogen) atoms. The Labute approximate surface area is 73.6 Å². The summed E-state index contributed by atoms with van der Waals surface area (Å²) in [6.07, 6.45) is 4.98. The van der Waals surface area contributed by atoms with Gasteiger partial charge in [-0.3, -0.25) is 0 Å². The Morgan fingerprint density at radius 2 is 2.17 bits per heavy atom. The lowest BCUT2D eigenvalue weighted by molar-refractivity contribution is -0.144. The Hall–Kier alpha value is -0.790. The number of esters is 1. The molecule has 0 spiro atoms. The number of hydrogen-bond acceptors (Lipinski definition) is 2. The maximum Gasteiger partial charge on any atom is 0.334 e. The summed E-state index contributed by atoms with van der Waals surface area (Å²) in [7, 11) is 0. The van der Waals surface area contributed by atoms with E-state index in [0.717, 1.165) is 24.8 Å². The Morgan fingerprint density at radius 1 is 1.50 bits per heavy atom. The number of cyclic esters (lactones) is 1. The van der Waals surface area contributed by atoms with Crippen molar-refractivity contribution in [2.75, 3.05) is 0 Å². The summed E-state index contributed by atoms with van der Waals surface area (Å²) in [6, 6.07) is 0. The van der Waals surface area contributed by atoms with E-state index >= 15 is 0 Å². The van der Waals surface area contributed by atoms with E-state index in [1.807, 2.05) is 19.9 Å². The Bertz CT molecular complexity index is 214. The highest BCUT2D eigenvalue weighted by atomic mass is 16.6. The van der Waals surface area contributed by atoms with Crippen molar-refractivity contribution in [1.82, 2.24) is 0 Å². The summed E-state index contributed by atoms with van der Waals surface area (Å²) in [5.74, 6) is -0.131. The quantitative estimate of drug-likeness (QED) is 0.605. The van der Waals surface area contributed by atoms with E-state index < -0.39 is 0 Å². The Morgan fingerprint density at radius 3 is 2.58 bits per heavy atom. The molecule has 0 atom stereocenters. The zero-order chi connectivity index (χ0) is 9.19. The normalized spacial score (nSPS) is 20.6. The van der Waals surface area contributed by atoms with Crippen LogP contribution in [0, 0.1) is 0 Å². The standard InChI is InChI=1S/C10H16O2/c1-4-5-6-8-7-10(2,3)12-9(8)11/h7H,4-6H2,1-3H3. The van der Waals surface area contributed by atoms with Gasteiger partial charge in [0.2, 0.25) is 0 Å². The molecule has 0 unspecified atom stereocenters. The SMILES string of the molecule is CCCCC1=CC(C)(C)OC1=O. The molecule has 2 nitrogen and oxygen atoms in total. The zero-order valence-corrected chi connectivity index (χ0v) is 8.02. The molecular formula is C10H16O2. The molecule has 0 aromatic rings. The van der Waals surface area contributed by atoms with Crippen LogP contribution in [0.3, 0.4) is 0 Å². The molecule has 0 N–H and O–H groups in total. The number of carbonyl (C=O) groups excluding carboxylic acids is 1. The van der Waals surface area contributed by atoms with Crippen molar-refractivity contribution in [1.29, 1.82) is 0 Å². The molecule has 1 rings (SSSR count). The van der Waals surface area contributed by atoms with Crippen molar-refractivity contribution in [2.45, 2.75) is 45.6 Å². The lowest BCUT2D eigenvalue weighted by Gasteiger charge is -2.12. The molecule has 0 saturated carbocycles. The molecule has 0 aliphatic carbocycles. The summed E-state index contributed by atoms with van der Waals surface area (Å²) in [4.78, 5) is 11.2. The highest BCUT2D eigenvalue weighted by Crippen LogP contribution is 2.26. The van der Waals surface area contributed by atoms with Gasteiger partial charge in [-0.1, -0.05) is 13.3 Å². The molecule has 1 aliphatic rings. The molecule has 0 amide bonds. The maximum absolute atomic E-state index is 11.2. The van der Waals surface area contributed by atoms with Crippen LogP contribution in [0.25, 0.3) is 0 Å². The summed E-state index contributed by atoms with van der Waals surface area (Å²) in [5.41, 5.74) is 0.474. The van der Waals surface area contributed by atoms with Crippen molar-refractivity contribution in [3.63, 3.8) is 0 Å². The first-order chi connectivity index (χ1) is 5.55. The lowest BCUT2D eigenvalue weighted by atomic mass is 10.0. The molecule has 68 valence electrons. The second-order valence-electron chi connectivity index (χ2n) is 3.77. The van der Waals surface area contributed by atoms with Gasteiger partial charge in [-0.05, 0) is 32.8 Å². The molecule has 0 bridgehead atoms. The van der Waals surface area contributed by atoms with Gasteiger partial charge in [-0.15, -0.1) is 0 Å². The van der Waals surface area contributed by atoms with E-state index in [1.54, 1.807) is 0 Å². The predicted molar refractivity (Wildman–Crippen MR) is 47.8 cm³/mol. The molecule has 0 radical (unpaired) electrons. The molecule has 1 aliphatic heterocycles. The van der Waals surface area contributed by atoms with Crippen LogP contribution in [0.4, 0.5) is 0 Å². The van der Waals surface area contributed by atoms with Gasteiger partial charge < -0.3 is 4.74 Å². The number of hydrogen-bond donors (Lipinski definition) is 0. The van der Waals surface area contributed by atoms with Crippen LogP contribution >= 0.6 is 0 Å². The number of carbonyl (C=O) groups is 1. The van der Waals surface area contributed by atoms with Crippen molar-refractivity contribution >= 4 is 5.97 Å². The first-order valence-electron chi connectivity index (χ1n) is 4.50. The topological polar surface area (TPSA) is 26.3 Å². The fourth-order valence-corrected chi connectivity index (χ4v) is 1.35. The molecule has 1 heterocycles. The minimum Gasteiger partial charge on any atom is -0.452 e. The fraction of sp³-hybridized carbons (Fsp3) is 0.700. The van der Waals surface area contributed by atoms with Crippen LogP contribution in [0.15, 0.2) is 11.6 Å². The molecule has 0 aromatic heterocycles. The largest absolute Gasteiger partial charge is 0.452 e. The second kappa shape index (κ2) is 3.30. The molecular weight excluding hydrogens is 152 g/mol. The number of rotatable bonds is 3. The van der Waals surface area contributed by atoms with Gasteiger partial charge in [0.1, 0.15) is 5.60 Å². The van der Waals surface area contributed by atoms with E-state index in [-0.39, 0.29) is 11.6 Å². The van der Waals surface area contributed by atoms with E-state index in [2.05, 4.69) is 6.92 Å². The van der Waals surface area contributed by atoms with E-state index in [9.17, 15) is 4.79 Å². The molecule has 0 aromatic carbocycles. The van der Waals surface area contributed by atoms with Crippen LogP contribution in [-0.4, -0.2) is 11.6 Å². The van der Waals surface area contributed by atoms with Gasteiger partial charge in [0, 0.05) is 5.57 Å². The van der Waals surface area contributed by atoms with Crippen LogP contribution in [-0.2, 0) is 9.53 Å². The van der Waals surface area contributed by atoms with Gasteiger partial charge in [0.15, 0.2) is 0 Å². The average Bonchev–Trinajstić information content (AvgIpc) is 2.20.